The molecule has 1 aromatic carbocycles. The highest BCUT2D eigenvalue weighted by Crippen LogP contribution is 2.27. The van der Waals surface area contributed by atoms with Crippen LogP contribution < -0.4 is 4.74 Å². The van der Waals surface area contributed by atoms with E-state index in [2.05, 4.69) is 0 Å². The fourth-order valence-electron chi connectivity index (χ4n) is 2.83. The second kappa shape index (κ2) is 6.31. The van der Waals surface area contributed by atoms with Crippen LogP contribution in [0.5, 0.6) is 5.75 Å². The van der Waals surface area contributed by atoms with E-state index in [1.54, 1.807) is 38.0 Å². The van der Waals surface area contributed by atoms with Gasteiger partial charge in [-0.2, -0.15) is 0 Å². The normalized spacial score (nSPS) is 19.2. The average Bonchev–Trinajstić information content (AvgIpc) is 2.94. The third-order valence-corrected chi connectivity index (χ3v) is 3.90. The number of para-hydroxylation sites is 1. The number of carbonyl (C=O) groups is 1. The quantitative estimate of drug-likeness (QED) is 0.866. The van der Waals surface area contributed by atoms with Crippen LogP contribution in [0, 0.1) is 0 Å². The Hall–Kier alpha value is -1.81. The van der Waals surface area contributed by atoms with E-state index in [1.165, 1.54) is 0 Å². The monoisotopic (exact) mass is 289 g/mol. The van der Waals surface area contributed by atoms with Crippen LogP contribution in [0.1, 0.15) is 32.3 Å². The topological polar surface area (TPSA) is 49.8 Å². The van der Waals surface area contributed by atoms with Crippen molar-refractivity contribution in [2.24, 2.45) is 0 Å². The van der Waals surface area contributed by atoms with E-state index in [1.807, 2.05) is 24.3 Å². The summed E-state index contributed by atoms with van der Waals surface area (Å²) in [4.78, 5) is 14.1. The first-order valence-electron chi connectivity index (χ1n) is 7.27. The van der Waals surface area contributed by atoms with Crippen LogP contribution in [0.15, 0.2) is 30.3 Å². The van der Waals surface area contributed by atoms with Gasteiger partial charge in [-0.25, -0.2) is 0 Å². The van der Waals surface area contributed by atoms with Crippen molar-refractivity contribution in [3.8, 4) is 5.75 Å². The maximum absolute atomic E-state index is 12.4. The van der Waals surface area contributed by atoms with Gasteiger partial charge >= 0.3 is 0 Å². The lowest BCUT2D eigenvalue weighted by Crippen LogP contribution is -2.47. The van der Waals surface area contributed by atoms with Crippen LogP contribution in [0.4, 0.5) is 0 Å². The van der Waals surface area contributed by atoms with Gasteiger partial charge in [-0.1, -0.05) is 18.2 Å². The fraction of sp³-hybridized carbons (Fsp3) is 0.471. The lowest BCUT2D eigenvalue weighted by molar-refractivity contribution is -0.131. The molecule has 0 radical (unpaired) electrons. The molecule has 0 spiro atoms. The molecule has 4 heteroatoms. The zero-order chi connectivity index (χ0) is 15.5. The second-order valence-electron chi connectivity index (χ2n) is 5.92. The number of benzene rings is 1. The Morgan fingerprint density at radius 3 is 2.81 bits per heavy atom. The summed E-state index contributed by atoms with van der Waals surface area (Å²) in [5.74, 6) is 0.674. The molecule has 1 aliphatic heterocycles. The van der Waals surface area contributed by atoms with Gasteiger partial charge in [0.05, 0.1) is 18.8 Å². The Morgan fingerprint density at radius 1 is 1.43 bits per heavy atom. The minimum absolute atomic E-state index is 0.0643. The largest absolute Gasteiger partial charge is 0.496 e. The molecule has 2 rings (SSSR count). The molecule has 21 heavy (non-hydrogen) atoms. The van der Waals surface area contributed by atoms with E-state index in [9.17, 15) is 9.90 Å². The third-order valence-electron chi connectivity index (χ3n) is 3.90. The van der Waals surface area contributed by atoms with E-state index in [0.29, 0.717) is 6.54 Å². The lowest BCUT2D eigenvalue weighted by Gasteiger charge is -2.33. The smallest absolute Gasteiger partial charge is 0.246 e. The first kappa shape index (κ1) is 15.6. The maximum Gasteiger partial charge on any atom is 0.246 e. The Morgan fingerprint density at radius 2 is 2.14 bits per heavy atom. The van der Waals surface area contributed by atoms with Gasteiger partial charge in [0.25, 0.3) is 0 Å². The van der Waals surface area contributed by atoms with Gasteiger partial charge in [0.2, 0.25) is 5.91 Å². The van der Waals surface area contributed by atoms with E-state index >= 15 is 0 Å². The van der Waals surface area contributed by atoms with Crippen molar-refractivity contribution in [3.05, 3.63) is 35.9 Å². The first-order chi connectivity index (χ1) is 9.93. The van der Waals surface area contributed by atoms with Crippen LogP contribution in [0.2, 0.25) is 0 Å². The number of aliphatic hydroxyl groups is 1. The highest BCUT2D eigenvalue weighted by atomic mass is 16.5. The van der Waals surface area contributed by atoms with E-state index in [4.69, 9.17) is 4.74 Å². The summed E-state index contributed by atoms with van der Waals surface area (Å²) >= 11 is 0. The summed E-state index contributed by atoms with van der Waals surface area (Å²) in [6.07, 6.45) is 5.10. The molecule has 1 N–H and O–H groups in total. The molecule has 0 bridgehead atoms. The van der Waals surface area contributed by atoms with Crippen LogP contribution in [-0.2, 0) is 4.79 Å². The van der Waals surface area contributed by atoms with Gasteiger partial charge in [-0.05, 0) is 38.8 Å². The Bertz CT molecular complexity index is 531. The zero-order valence-corrected chi connectivity index (χ0v) is 12.9. The van der Waals surface area contributed by atoms with Crippen LogP contribution >= 0.6 is 0 Å². The van der Waals surface area contributed by atoms with Crippen molar-refractivity contribution in [2.75, 3.05) is 13.7 Å². The summed E-state index contributed by atoms with van der Waals surface area (Å²) < 4.78 is 5.26. The summed E-state index contributed by atoms with van der Waals surface area (Å²) in [6.45, 7) is 4.21. The molecule has 0 saturated carbocycles. The van der Waals surface area contributed by atoms with Crippen LogP contribution in [0.3, 0.4) is 0 Å². The van der Waals surface area contributed by atoms with E-state index < -0.39 is 5.60 Å². The molecule has 1 aromatic rings. The molecule has 1 heterocycles. The lowest BCUT2D eigenvalue weighted by atomic mass is 9.96. The van der Waals surface area contributed by atoms with E-state index in [0.717, 1.165) is 24.2 Å². The third kappa shape index (κ3) is 3.64. The Kier molecular flexibility index (Phi) is 4.68. The van der Waals surface area contributed by atoms with Crippen molar-refractivity contribution in [2.45, 2.75) is 38.3 Å². The number of hydrogen-bond donors (Lipinski definition) is 1. The van der Waals surface area contributed by atoms with Crippen molar-refractivity contribution in [1.29, 1.82) is 0 Å². The molecule has 1 unspecified atom stereocenters. The number of methoxy groups -OCH3 is 1. The minimum Gasteiger partial charge on any atom is -0.496 e. The van der Waals surface area contributed by atoms with Gasteiger partial charge < -0.3 is 14.7 Å². The van der Waals surface area contributed by atoms with Gasteiger partial charge in [0.1, 0.15) is 5.75 Å². The predicted molar refractivity (Wildman–Crippen MR) is 83.1 cm³/mol. The molecule has 1 saturated heterocycles. The van der Waals surface area contributed by atoms with Gasteiger partial charge in [0, 0.05) is 18.2 Å². The summed E-state index contributed by atoms with van der Waals surface area (Å²) in [7, 11) is 1.61. The van der Waals surface area contributed by atoms with Crippen molar-refractivity contribution < 1.29 is 14.6 Å². The molecule has 1 fully saturated rings. The van der Waals surface area contributed by atoms with Crippen molar-refractivity contribution >= 4 is 12.0 Å². The molecular weight excluding hydrogens is 266 g/mol. The number of rotatable bonds is 4. The first-order valence-corrected chi connectivity index (χ1v) is 7.27. The second-order valence-corrected chi connectivity index (χ2v) is 5.92. The Labute approximate surface area is 126 Å². The number of likely N-dealkylation sites (tertiary alicyclic amines) is 1. The molecule has 1 atom stereocenters. The average molecular weight is 289 g/mol. The van der Waals surface area contributed by atoms with Crippen LogP contribution in [-0.4, -0.2) is 41.2 Å². The minimum atomic E-state index is -0.871. The number of carbonyl (C=O) groups excluding carboxylic acids is 1. The zero-order valence-electron chi connectivity index (χ0n) is 12.9. The summed E-state index contributed by atoms with van der Waals surface area (Å²) in [6, 6.07) is 7.44. The van der Waals surface area contributed by atoms with Gasteiger partial charge in [-0.15, -0.1) is 0 Å². The number of nitrogens with zero attached hydrogens (tertiary/aromatic N) is 1. The van der Waals surface area contributed by atoms with Crippen LogP contribution in [0.25, 0.3) is 6.08 Å². The highest BCUT2D eigenvalue weighted by molar-refractivity contribution is 5.92. The number of amides is 1. The molecule has 0 aromatic heterocycles. The van der Waals surface area contributed by atoms with E-state index in [-0.39, 0.29) is 11.9 Å². The molecular formula is C17H23NO3. The fourth-order valence-corrected chi connectivity index (χ4v) is 2.83. The molecule has 114 valence electrons. The Balaban J connectivity index is 2.12. The van der Waals surface area contributed by atoms with Gasteiger partial charge in [0.15, 0.2) is 0 Å². The summed E-state index contributed by atoms with van der Waals surface area (Å²) in [5, 5.41) is 10.2. The SMILES string of the molecule is COc1ccccc1/C=C/C(=O)N1CCCC1C(C)(C)O. The van der Waals surface area contributed by atoms with Gasteiger partial charge in [-0.3, -0.25) is 4.79 Å². The molecule has 1 aliphatic rings. The molecule has 0 aliphatic carbocycles. The highest BCUT2D eigenvalue weighted by Gasteiger charge is 2.37. The van der Waals surface area contributed by atoms with Crippen molar-refractivity contribution in [3.63, 3.8) is 0 Å². The standard InChI is InChI=1S/C17H23NO3/c1-17(2,20)15-9-6-12-18(15)16(19)11-10-13-7-4-5-8-14(13)21-3/h4-5,7-8,10-11,15,20H,6,9,12H2,1-3H3/b11-10+. The van der Waals surface area contributed by atoms with Crippen molar-refractivity contribution in [1.82, 2.24) is 4.90 Å². The summed E-state index contributed by atoms with van der Waals surface area (Å²) in [5.41, 5.74) is -0.00268. The maximum atomic E-state index is 12.4. The molecule has 1 amide bonds. The molecule has 4 nitrogen and oxygen atoms in total. The number of ether oxygens (including phenoxy) is 1. The predicted octanol–water partition coefficient (Wildman–Crippen LogP) is 2.47. The number of hydrogen-bond acceptors (Lipinski definition) is 3.